The quantitative estimate of drug-likeness (QED) is 0.0700. The molecule has 0 saturated carbocycles. The van der Waals surface area contributed by atoms with Gasteiger partial charge in [0.15, 0.2) is 21.7 Å². The van der Waals surface area contributed by atoms with Gasteiger partial charge in [0.2, 0.25) is 0 Å². The predicted molar refractivity (Wildman–Crippen MR) is 281 cm³/mol. The van der Waals surface area contributed by atoms with Crippen molar-refractivity contribution in [2.45, 2.75) is 20.8 Å². The molecule has 2 aromatic heterocycles. The Morgan fingerprint density at radius 1 is 0.603 bits per heavy atom. The smallest absolute Gasteiger partial charge is 0.358 e. The normalized spacial score (nSPS) is 10.6. The molecule has 18 heteroatoms. The van der Waals surface area contributed by atoms with Crippen molar-refractivity contribution >= 4 is 135 Å². The van der Waals surface area contributed by atoms with Gasteiger partial charge >= 0.3 is 11.9 Å². The number of aromatic carboxylic acids is 1. The first kappa shape index (κ1) is 49.5. The van der Waals surface area contributed by atoms with E-state index in [-0.39, 0.29) is 29.8 Å². The first-order chi connectivity index (χ1) is 32.6. The van der Waals surface area contributed by atoms with E-state index in [9.17, 15) is 24.3 Å². The standard InChI is InChI=1S/C26H21BrClN3O3S.C24H17BrClN3O3S/c1-3-34-25(33)22-23(16-8-10-19(28)11-9-16)35-26(31-22)30-21-14-20(12-7-15(21)2)29-24(32)17-5-4-6-18(27)13-17;1-13-5-10-18(27-22(30)15-3-2-4-16(25)11-15)12-19(13)28-24-29-20(23(31)32)21(33-24)14-6-8-17(26)9-7-14/h4-14H,3H2,1-2H3,(H,29,32)(H,30,31);2-12H,1H3,(H,27,30)(H,28,29)(H,31,32). The summed E-state index contributed by atoms with van der Waals surface area (Å²) in [5.41, 5.74) is 7.34. The number of thiazole rings is 2. The van der Waals surface area contributed by atoms with Crippen LogP contribution in [0.5, 0.6) is 0 Å². The molecule has 8 rings (SSSR count). The molecule has 0 spiro atoms. The molecule has 6 aromatic carbocycles. The summed E-state index contributed by atoms with van der Waals surface area (Å²) in [6.45, 7) is 5.86. The minimum atomic E-state index is -1.11. The highest BCUT2D eigenvalue weighted by Crippen LogP contribution is 2.38. The first-order valence-electron chi connectivity index (χ1n) is 20.5. The van der Waals surface area contributed by atoms with Crippen molar-refractivity contribution in [1.29, 1.82) is 0 Å². The van der Waals surface area contributed by atoms with E-state index in [4.69, 9.17) is 27.9 Å². The number of carbonyl (C=O) groups is 4. The molecule has 2 heterocycles. The number of rotatable bonds is 13. The van der Waals surface area contributed by atoms with Gasteiger partial charge in [-0.3, -0.25) is 9.59 Å². The molecule has 0 aliphatic heterocycles. The second kappa shape index (κ2) is 22.6. The Morgan fingerprint density at radius 2 is 1.03 bits per heavy atom. The van der Waals surface area contributed by atoms with E-state index < -0.39 is 11.9 Å². The third-order valence-electron chi connectivity index (χ3n) is 9.79. The molecular weight excluding hydrogens is 1080 g/mol. The minimum absolute atomic E-state index is 0.0402. The lowest BCUT2D eigenvalue weighted by atomic mass is 10.1. The van der Waals surface area contributed by atoms with Gasteiger partial charge < -0.3 is 31.1 Å². The van der Waals surface area contributed by atoms with E-state index in [2.05, 4.69) is 63.1 Å². The fourth-order valence-corrected chi connectivity index (χ4v) is 9.39. The summed E-state index contributed by atoms with van der Waals surface area (Å²) >= 11 is 21.3. The molecule has 0 saturated heterocycles. The van der Waals surface area contributed by atoms with Crippen LogP contribution in [0.4, 0.5) is 33.0 Å². The zero-order valence-electron chi connectivity index (χ0n) is 36.1. The van der Waals surface area contributed by atoms with Gasteiger partial charge in [0, 0.05) is 52.9 Å². The number of nitrogens with one attached hydrogen (secondary N) is 4. The lowest BCUT2D eigenvalue weighted by Gasteiger charge is -2.11. The Kier molecular flexibility index (Phi) is 16.5. The van der Waals surface area contributed by atoms with E-state index in [0.29, 0.717) is 63.8 Å². The molecule has 344 valence electrons. The number of hydrogen-bond acceptors (Lipinski definition) is 11. The van der Waals surface area contributed by atoms with E-state index in [1.807, 2.05) is 68.4 Å². The second-order valence-electron chi connectivity index (χ2n) is 14.7. The van der Waals surface area contributed by atoms with Crippen molar-refractivity contribution in [3.63, 3.8) is 0 Å². The van der Waals surface area contributed by atoms with Crippen LogP contribution in [0, 0.1) is 13.8 Å². The third-order valence-corrected chi connectivity index (χ3v) is 13.3. The van der Waals surface area contributed by atoms with Crippen LogP contribution in [0.2, 0.25) is 10.0 Å². The number of aromatic nitrogens is 2. The minimum Gasteiger partial charge on any atom is -0.476 e. The van der Waals surface area contributed by atoms with Crippen molar-refractivity contribution in [2.24, 2.45) is 0 Å². The number of hydrogen-bond donors (Lipinski definition) is 5. The van der Waals surface area contributed by atoms with Gasteiger partial charge in [0.05, 0.1) is 16.4 Å². The summed E-state index contributed by atoms with van der Waals surface area (Å²) in [5.74, 6) is -2.06. The molecule has 8 aromatic rings. The van der Waals surface area contributed by atoms with Gasteiger partial charge in [0.25, 0.3) is 11.8 Å². The molecule has 5 N–H and O–H groups in total. The number of aryl methyl sites for hydroxylation is 2. The number of carbonyl (C=O) groups excluding carboxylic acids is 3. The lowest BCUT2D eigenvalue weighted by Crippen LogP contribution is -2.12. The van der Waals surface area contributed by atoms with Gasteiger partial charge in [-0.15, -0.1) is 0 Å². The maximum absolute atomic E-state index is 12.7. The van der Waals surface area contributed by atoms with Crippen LogP contribution >= 0.6 is 77.7 Å². The van der Waals surface area contributed by atoms with Crippen LogP contribution < -0.4 is 21.3 Å². The molecule has 0 bridgehead atoms. The Balaban J connectivity index is 0.000000202. The topological polar surface area (TPSA) is 172 Å². The average Bonchev–Trinajstić information content (AvgIpc) is 3.94. The lowest BCUT2D eigenvalue weighted by molar-refractivity contribution is 0.0520. The SMILES string of the molecule is CCOC(=O)c1nc(Nc2cc(NC(=O)c3cccc(Br)c3)ccc2C)sc1-c1ccc(Cl)cc1.Cc1ccc(NC(=O)c2cccc(Br)c2)cc1Nc1nc(C(=O)O)c(-c2ccc(Cl)cc2)s1. The first-order valence-corrected chi connectivity index (χ1v) is 24.4. The maximum Gasteiger partial charge on any atom is 0.358 e. The molecular formula is C50H38Br2Cl2N6O6S2. The molecule has 0 radical (unpaired) electrons. The number of anilines is 6. The van der Waals surface area contributed by atoms with Crippen molar-refractivity contribution in [3.8, 4) is 20.9 Å². The summed E-state index contributed by atoms with van der Waals surface area (Å²) in [4.78, 5) is 59.6. The van der Waals surface area contributed by atoms with E-state index in [0.717, 1.165) is 31.3 Å². The van der Waals surface area contributed by atoms with Crippen molar-refractivity contribution < 1.29 is 29.0 Å². The number of benzene rings is 6. The van der Waals surface area contributed by atoms with E-state index >= 15 is 0 Å². The van der Waals surface area contributed by atoms with Gasteiger partial charge in [-0.05, 0) is 128 Å². The van der Waals surface area contributed by atoms with Crippen LogP contribution in [0.15, 0.2) is 142 Å². The van der Waals surface area contributed by atoms with Crippen LogP contribution in [-0.2, 0) is 4.74 Å². The van der Waals surface area contributed by atoms with Crippen molar-refractivity contribution in [1.82, 2.24) is 9.97 Å². The number of halogens is 4. The highest BCUT2D eigenvalue weighted by Gasteiger charge is 2.22. The average molecular weight is 1110 g/mol. The van der Waals surface area contributed by atoms with Crippen molar-refractivity contribution in [3.05, 3.63) is 186 Å². The fourth-order valence-electron chi connectivity index (χ4n) is 6.39. The third kappa shape index (κ3) is 12.8. The largest absolute Gasteiger partial charge is 0.476 e. The number of carboxylic acid groups (broad SMARTS) is 1. The molecule has 0 aliphatic rings. The molecule has 2 amide bonds. The molecule has 68 heavy (non-hydrogen) atoms. The number of carboxylic acids is 1. The Morgan fingerprint density at radius 3 is 1.44 bits per heavy atom. The summed E-state index contributed by atoms with van der Waals surface area (Å²) in [7, 11) is 0. The highest BCUT2D eigenvalue weighted by molar-refractivity contribution is 9.10. The molecule has 0 unspecified atom stereocenters. The van der Waals surface area contributed by atoms with Gasteiger partial charge in [-0.2, -0.15) is 0 Å². The number of nitrogens with zero attached hydrogens (tertiary/aromatic N) is 2. The zero-order chi connectivity index (χ0) is 48.5. The molecule has 0 fully saturated rings. The zero-order valence-corrected chi connectivity index (χ0v) is 42.4. The summed E-state index contributed by atoms with van der Waals surface area (Å²) in [6, 6.07) is 39.5. The summed E-state index contributed by atoms with van der Waals surface area (Å²) in [5, 5.41) is 24.0. The molecule has 12 nitrogen and oxygen atoms in total. The number of amides is 2. The number of esters is 1. The van der Waals surface area contributed by atoms with Crippen LogP contribution in [0.1, 0.15) is 59.7 Å². The van der Waals surface area contributed by atoms with Gasteiger partial charge in [-0.25, -0.2) is 19.6 Å². The van der Waals surface area contributed by atoms with Gasteiger partial charge in [-0.1, -0.05) is 126 Å². The Labute approximate surface area is 426 Å². The monoisotopic (exact) mass is 1110 g/mol. The summed E-state index contributed by atoms with van der Waals surface area (Å²) < 4.78 is 6.86. The predicted octanol–water partition coefficient (Wildman–Crippen LogP) is 14.9. The highest BCUT2D eigenvalue weighted by atomic mass is 79.9. The van der Waals surface area contributed by atoms with E-state index in [1.54, 1.807) is 85.8 Å². The molecule has 0 aliphatic carbocycles. The van der Waals surface area contributed by atoms with Gasteiger partial charge in [0.1, 0.15) is 0 Å². The summed E-state index contributed by atoms with van der Waals surface area (Å²) in [6.07, 6.45) is 0. The second-order valence-corrected chi connectivity index (χ2v) is 19.4. The van der Waals surface area contributed by atoms with Crippen LogP contribution in [-0.4, -0.2) is 45.4 Å². The number of ether oxygens (including phenoxy) is 1. The maximum atomic E-state index is 12.7. The molecule has 0 atom stereocenters. The fraction of sp³-hybridized carbons (Fsp3) is 0.0800. The Hall–Kier alpha value is -6.40. The van der Waals surface area contributed by atoms with Crippen LogP contribution in [0.25, 0.3) is 20.9 Å². The van der Waals surface area contributed by atoms with Crippen molar-refractivity contribution in [2.75, 3.05) is 27.9 Å². The van der Waals surface area contributed by atoms with Crippen LogP contribution in [0.3, 0.4) is 0 Å². The Bertz CT molecular complexity index is 3170. The van der Waals surface area contributed by atoms with E-state index in [1.165, 1.54) is 22.7 Å².